The van der Waals surface area contributed by atoms with Gasteiger partial charge in [-0.1, -0.05) is 6.07 Å². The highest BCUT2D eigenvalue weighted by molar-refractivity contribution is 5.29. The van der Waals surface area contributed by atoms with E-state index in [1.54, 1.807) is 6.07 Å². The Kier molecular flexibility index (Phi) is 5.49. The van der Waals surface area contributed by atoms with E-state index in [9.17, 15) is 4.39 Å². The van der Waals surface area contributed by atoms with Crippen molar-refractivity contribution in [2.75, 3.05) is 26.9 Å². The molecule has 18 heavy (non-hydrogen) atoms. The number of hydrogen-bond acceptors (Lipinski definition) is 5. The van der Waals surface area contributed by atoms with Gasteiger partial charge in [0.25, 0.3) is 0 Å². The van der Waals surface area contributed by atoms with Gasteiger partial charge in [0.05, 0.1) is 32.5 Å². The second-order valence-corrected chi connectivity index (χ2v) is 4.08. The third kappa shape index (κ3) is 3.39. The molecule has 0 radical (unpaired) electrons. The summed E-state index contributed by atoms with van der Waals surface area (Å²) in [5.41, 5.74) is -0.552. The van der Waals surface area contributed by atoms with Crippen molar-refractivity contribution in [3.05, 3.63) is 29.6 Å². The molecular weight excluding hydrogens is 241 g/mol. The smallest absolute Gasteiger partial charge is 0.165 e. The van der Waals surface area contributed by atoms with Crippen LogP contribution < -0.4 is 10.1 Å². The summed E-state index contributed by atoms with van der Waals surface area (Å²) < 4.78 is 18.2. The Balaban J connectivity index is 2.71. The quantitative estimate of drug-likeness (QED) is 0.537. The highest BCUT2D eigenvalue weighted by Gasteiger charge is 2.27. The topological polar surface area (TPSA) is 82.0 Å². The SMILES string of the molecule is COc1ccc(CNC(CO)(CO)CO)cc1F. The van der Waals surface area contributed by atoms with Crippen LogP contribution in [0.3, 0.4) is 0 Å². The van der Waals surface area contributed by atoms with E-state index in [2.05, 4.69) is 5.32 Å². The van der Waals surface area contributed by atoms with Gasteiger partial charge in [0.1, 0.15) is 0 Å². The summed E-state index contributed by atoms with van der Waals surface area (Å²) >= 11 is 0. The van der Waals surface area contributed by atoms with Crippen LogP contribution >= 0.6 is 0 Å². The average Bonchev–Trinajstić information content (AvgIpc) is 2.41. The first-order valence-corrected chi connectivity index (χ1v) is 5.51. The fraction of sp³-hybridized carbons (Fsp3) is 0.500. The Morgan fingerprint density at radius 2 is 1.83 bits per heavy atom. The number of rotatable bonds is 7. The van der Waals surface area contributed by atoms with Crippen molar-refractivity contribution >= 4 is 0 Å². The maximum atomic E-state index is 13.4. The molecule has 0 saturated heterocycles. The van der Waals surface area contributed by atoms with Gasteiger partial charge in [-0.15, -0.1) is 0 Å². The third-order valence-corrected chi connectivity index (χ3v) is 2.79. The lowest BCUT2D eigenvalue weighted by atomic mass is 10.0. The highest BCUT2D eigenvalue weighted by Crippen LogP contribution is 2.18. The van der Waals surface area contributed by atoms with Gasteiger partial charge in [-0.3, -0.25) is 0 Å². The molecule has 0 aliphatic rings. The Hall–Kier alpha value is -1.21. The maximum absolute atomic E-state index is 13.4. The summed E-state index contributed by atoms with van der Waals surface area (Å²) in [6.45, 7) is -1.04. The van der Waals surface area contributed by atoms with Crippen molar-refractivity contribution in [2.24, 2.45) is 0 Å². The summed E-state index contributed by atoms with van der Waals surface area (Å²) in [5.74, 6) is -0.337. The molecule has 0 amide bonds. The lowest BCUT2D eigenvalue weighted by Crippen LogP contribution is -2.54. The molecule has 1 rings (SSSR count). The van der Waals surface area contributed by atoms with E-state index in [1.807, 2.05) is 0 Å². The van der Waals surface area contributed by atoms with Crippen LogP contribution in [0.2, 0.25) is 0 Å². The summed E-state index contributed by atoms with van der Waals surface area (Å²) in [6.07, 6.45) is 0. The van der Waals surface area contributed by atoms with Gasteiger partial charge in [0.15, 0.2) is 11.6 Å². The average molecular weight is 259 g/mol. The molecule has 0 fully saturated rings. The van der Waals surface area contributed by atoms with E-state index in [1.165, 1.54) is 19.2 Å². The van der Waals surface area contributed by atoms with Crippen molar-refractivity contribution < 1.29 is 24.4 Å². The van der Waals surface area contributed by atoms with Crippen LogP contribution in [0.1, 0.15) is 5.56 Å². The van der Waals surface area contributed by atoms with E-state index in [0.717, 1.165) is 0 Å². The van der Waals surface area contributed by atoms with Crippen LogP contribution in [-0.2, 0) is 6.54 Å². The van der Waals surface area contributed by atoms with E-state index in [4.69, 9.17) is 20.1 Å². The molecule has 6 heteroatoms. The van der Waals surface area contributed by atoms with Crippen molar-refractivity contribution in [3.63, 3.8) is 0 Å². The van der Waals surface area contributed by atoms with Crippen LogP contribution in [0.15, 0.2) is 18.2 Å². The number of ether oxygens (including phenoxy) is 1. The first kappa shape index (κ1) is 14.8. The standard InChI is InChI=1S/C12H18FNO4/c1-18-11-3-2-9(4-10(11)13)5-14-12(6-15,7-16)8-17/h2-4,14-17H,5-8H2,1H3. The number of methoxy groups -OCH3 is 1. The molecule has 0 bridgehead atoms. The van der Waals surface area contributed by atoms with Crippen LogP contribution in [0.4, 0.5) is 4.39 Å². The minimum absolute atomic E-state index is 0.150. The molecule has 0 spiro atoms. The first-order chi connectivity index (χ1) is 8.60. The third-order valence-electron chi connectivity index (χ3n) is 2.79. The summed E-state index contributed by atoms with van der Waals surface area (Å²) in [6, 6.07) is 4.44. The molecule has 0 saturated carbocycles. The first-order valence-electron chi connectivity index (χ1n) is 5.51. The van der Waals surface area contributed by atoms with E-state index >= 15 is 0 Å². The summed E-state index contributed by atoms with van der Waals surface area (Å²) in [5, 5.41) is 30.1. The van der Waals surface area contributed by atoms with Gasteiger partial charge in [-0.2, -0.15) is 0 Å². The predicted molar refractivity (Wildman–Crippen MR) is 63.8 cm³/mol. The van der Waals surface area contributed by atoms with Gasteiger partial charge in [-0.05, 0) is 17.7 Å². The van der Waals surface area contributed by atoms with Crippen molar-refractivity contribution in [3.8, 4) is 5.75 Å². The van der Waals surface area contributed by atoms with Crippen LogP contribution in [-0.4, -0.2) is 47.8 Å². The number of aliphatic hydroxyl groups is 3. The maximum Gasteiger partial charge on any atom is 0.165 e. The lowest BCUT2D eigenvalue weighted by Gasteiger charge is -2.28. The number of hydrogen-bond donors (Lipinski definition) is 4. The molecule has 0 aliphatic carbocycles. The van der Waals surface area contributed by atoms with Gasteiger partial charge >= 0.3 is 0 Å². The number of aliphatic hydroxyl groups excluding tert-OH is 3. The number of nitrogens with one attached hydrogen (secondary N) is 1. The molecule has 0 heterocycles. The fourth-order valence-electron chi connectivity index (χ4n) is 1.43. The Morgan fingerprint density at radius 1 is 1.22 bits per heavy atom. The highest BCUT2D eigenvalue weighted by atomic mass is 19.1. The summed E-state index contributed by atoms with van der Waals surface area (Å²) in [4.78, 5) is 0. The van der Waals surface area contributed by atoms with Crippen LogP contribution in [0.5, 0.6) is 5.75 Å². The number of halogens is 1. The van der Waals surface area contributed by atoms with Gasteiger partial charge in [0, 0.05) is 6.54 Å². The zero-order valence-corrected chi connectivity index (χ0v) is 10.2. The Bertz CT molecular complexity index is 374. The van der Waals surface area contributed by atoms with Gasteiger partial charge < -0.3 is 25.4 Å². The van der Waals surface area contributed by atoms with Gasteiger partial charge in [0.2, 0.25) is 0 Å². The predicted octanol–water partition coefficient (Wildman–Crippen LogP) is -0.360. The normalized spacial score (nSPS) is 11.6. The minimum atomic E-state index is -1.17. The monoisotopic (exact) mass is 259 g/mol. The molecule has 1 aromatic rings. The molecule has 4 N–H and O–H groups in total. The molecule has 0 aliphatic heterocycles. The molecular formula is C12H18FNO4. The molecule has 5 nitrogen and oxygen atoms in total. The van der Waals surface area contributed by atoms with Gasteiger partial charge in [-0.25, -0.2) is 4.39 Å². The molecule has 0 aromatic heterocycles. The minimum Gasteiger partial charge on any atom is -0.494 e. The van der Waals surface area contributed by atoms with Crippen molar-refractivity contribution in [2.45, 2.75) is 12.1 Å². The largest absolute Gasteiger partial charge is 0.494 e. The molecule has 0 unspecified atom stereocenters. The van der Waals surface area contributed by atoms with E-state index < -0.39 is 31.2 Å². The molecule has 0 atom stereocenters. The van der Waals surface area contributed by atoms with Crippen LogP contribution in [0, 0.1) is 5.82 Å². The van der Waals surface area contributed by atoms with Crippen molar-refractivity contribution in [1.29, 1.82) is 0 Å². The Morgan fingerprint density at radius 3 is 2.28 bits per heavy atom. The molecule has 1 aromatic carbocycles. The summed E-state index contributed by atoms with van der Waals surface area (Å²) in [7, 11) is 1.38. The zero-order chi connectivity index (χ0) is 13.6. The lowest BCUT2D eigenvalue weighted by molar-refractivity contribution is 0.0413. The van der Waals surface area contributed by atoms with Crippen molar-refractivity contribution in [1.82, 2.24) is 5.32 Å². The second-order valence-electron chi connectivity index (χ2n) is 4.08. The van der Waals surface area contributed by atoms with Crippen LogP contribution in [0.25, 0.3) is 0 Å². The fourth-order valence-corrected chi connectivity index (χ4v) is 1.43. The molecule has 102 valence electrons. The Labute approximate surface area is 105 Å². The van der Waals surface area contributed by atoms with E-state index in [0.29, 0.717) is 5.56 Å². The zero-order valence-electron chi connectivity index (χ0n) is 10.2. The second kappa shape index (κ2) is 6.65. The van der Waals surface area contributed by atoms with E-state index in [-0.39, 0.29) is 12.3 Å². The number of benzene rings is 1.